The summed E-state index contributed by atoms with van der Waals surface area (Å²) in [6.45, 7) is 0.857. The van der Waals surface area contributed by atoms with E-state index in [-0.39, 0.29) is 5.44 Å². The molecule has 2 nitrogen and oxygen atoms in total. The molecule has 0 amide bonds. The highest BCUT2D eigenvalue weighted by atomic mass is 32.2. The maximum atomic E-state index is 5.69. The first-order valence-corrected chi connectivity index (χ1v) is 5.83. The molecule has 1 aliphatic rings. The molecule has 0 aliphatic carbocycles. The van der Waals surface area contributed by atoms with Crippen molar-refractivity contribution in [2.75, 3.05) is 19.5 Å². The van der Waals surface area contributed by atoms with Crippen molar-refractivity contribution < 1.29 is 9.47 Å². The number of methoxy groups -OCH3 is 1. The van der Waals surface area contributed by atoms with E-state index in [2.05, 4.69) is 6.07 Å². The van der Waals surface area contributed by atoms with Crippen molar-refractivity contribution in [3.63, 3.8) is 0 Å². The van der Waals surface area contributed by atoms with Gasteiger partial charge in [-0.05, 0) is 18.2 Å². The van der Waals surface area contributed by atoms with Gasteiger partial charge in [0.1, 0.15) is 11.2 Å². The van der Waals surface area contributed by atoms with E-state index < -0.39 is 0 Å². The van der Waals surface area contributed by atoms with Crippen LogP contribution in [-0.4, -0.2) is 19.5 Å². The van der Waals surface area contributed by atoms with Gasteiger partial charge in [0.15, 0.2) is 0 Å². The molecule has 1 atom stereocenters. The van der Waals surface area contributed by atoms with Crippen LogP contribution in [0.1, 0.15) is 17.4 Å². The minimum atomic E-state index is 0.153. The molecule has 0 saturated carbocycles. The SMILES string of the molecule is COc1ccccc1C1OCCCS1. The molecule has 0 aromatic heterocycles. The Morgan fingerprint density at radius 2 is 2.29 bits per heavy atom. The van der Waals surface area contributed by atoms with E-state index in [1.165, 1.54) is 5.75 Å². The van der Waals surface area contributed by atoms with Gasteiger partial charge in [-0.2, -0.15) is 0 Å². The third kappa shape index (κ3) is 2.04. The summed E-state index contributed by atoms with van der Waals surface area (Å²) < 4.78 is 11.0. The van der Waals surface area contributed by atoms with Gasteiger partial charge in [0.05, 0.1) is 7.11 Å². The summed E-state index contributed by atoms with van der Waals surface area (Å²) in [7, 11) is 1.70. The van der Waals surface area contributed by atoms with E-state index in [0.29, 0.717) is 0 Å². The largest absolute Gasteiger partial charge is 0.496 e. The zero-order valence-electron chi connectivity index (χ0n) is 8.23. The smallest absolute Gasteiger partial charge is 0.132 e. The van der Waals surface area contributed by atoms with Crippen molar-refractivity contribution in [3.05, 3.63) is 29.8 Å². The average molecular weight is 210 g/mol. The molecule has 1 fully saturated rings. The van der Waals surface area contributed by atoms with E-state index in [4.69, 9.17) is 9.47 Å². The highest BCUT2D eigenvalue weighted by Crippen LogP contribution is 2.38. The van der Waals surface area contributed by atoms with Gasteiger partial charge in [-0.25, -0.2) is 0 Å². The Morgan fingerprint density at radius 1 is 1.43 bits per heavy atom. The third-order valence-corrected chi connectivity index (χ3v) is 3.44. The van der Waals surface area contributed by atoms with Crippen LogP contribution in [0, 0.1) is 0 Å². The Balaban J connectivity index is 2.20. The van der Waals surface area contributed by atoms with Gasteiger partial charge in [0, 0.05) is 12.2 Å². The molecule has 1 aliphatic heterocycles. The maximum absolute atomic E-state index is 5.69. The van der Waals surface area contributed by atoms with Crippen molar-refractivity contribution >= 4 is 11.8 Å². The second kappa shape index (κ2) is 4.71. The summed E-state index contributed by atoms with van der Waals surface area (Å²) >= 11 is 1.84. The number of rotatable bonds is 2. The second-order valence-electron chi connectivity index (χ2n) is 3.17. The van der Waals surface area contributed by atoms with Crippen LogP contribution in [0.2, 0.25) is 0 Å². The van der Waals surface area contributed by atoms with Gasteiger partial charge in [-0.1, -0.05) is 18.2 Å². The first kappa shape index (κ1) is 9.87. The third-order valence-electron chi connectivity index (χ3n) is 2.22. The predicted molar refractivity (Wildman–Crippen MR) is 58.8 cm³/mol. The second-order valence-corrected chi connectivity index (χ2v) is 4.34. The molecule has 14 heavy (non-hydrogen) atoms. The molecule has 1 saturated heterocycles. The Morgan fingerprint density at radius 3 is 3.00 bits per heavy atom. The summed E-state index contributed by atoms with van der Waals surface area (Å²) in [5, 5.41) is 0. The Hall–Kier alpha value is -0.670. The Bertz CT molecular complexity index is 295. The molecule has 1 aromatic rings. The molecule has 1 heterocycles. The first-order valence-electron chi connectivity index (χ1n) is 4.78. The van der Waals surface area contributed by atoms with Crippen LogP contribution in [0.5, 0.6) is 5.75 Å². The maximum Gasteiger partial charge on any atom is 0.132 e. The number of ether oxygens (including phenoxy) is 2. The topological polar surface area (TPSA) is 18.5 Å². The number of thioether (sulfide) groups is 1. The van der Waals surface area contributed by atoms with Crippen LogP contribution in [0.3, 0.4) is 0 Å². The van der Waals surface area contributed by atoms with Crippen LogP contribution < -0.4 is 4.74 Å². The first-order chi connectivity index (χ1) is 6.92. The number of hydrogen-bond acceptors (Lipinski definition) is 3. The quantitative estimate of drug-likeness (QED) is 0.747. The molecule has 2 rings (SSSR count). The lowest BCUT2D eigenvalue weighted by molar-refractivity contribution is 0.105. The van der Waals surface area contributed by atoms with E-state index in [1.54, 1.807) is 7.11 Å². The molecule has 0 radical (unpaired) electrons. The average Bonchev–Trinajstić information content (AvgIpc) is 2.30. The molecule has 0 spiro atoms. The zero-order chi connectivity index (χ0) is 9.80. The molecule has 1 aromatic carbocycles. The summed E-state index contributed by atoms with van der Waals surface area (Å²) in [6.07, 6.45) is 1.15. The summed E-state index contributed by atoms with van der Waals surface area (Å²) in [5.74, 6) is 2.09. The Kier molecular flexibility index (Phi) is 3.32. The lowest BCUT2D eigenvalue weighted by Crippen LogP contribution is -2.10. The van der Waals surface area contributed by atoms with Crippen LogP contribution in [0.25, 0.3) is 0 Å². The lowest BCUT2D eigenvalue weighted by atomic mass is 10.2. The van der Waals surface area contributed by atoms with Gasteiger partial charge >= 0.3 is 0 Å². The molecule has 0 N–H and O–H groups in total. The fourth-order valence-corrected chi connectivity index (χ4v) is 2.59. The fraction of sp³-hybridized carbons (Fsp3) is 0.455. The van der Waals surface area contributed by atoms with Crippen molar-refractivity contribution in [3.8, 4) is 5.75 Å². The highest BCUT2D eigenvalue weighted by Gasteiger charge is 2.19. The number of hydrogen-bond donors (Lipinski definition) is 0. The molecular weight excluding hydrogens is 196 g/mol. The van der Waals surface area contributed by atoms with Crippen LogP contribution in [0.15, 0.2) is 24.3 Å². The number of benzene rings is 1. The van der Waals surface area contributed by atoms with Gasteiger partial charge < -0.3 is 9.47 Å². The normalized spacial score (nSPS) is 21.9. The molecule has 1 unspecified atom stereocenters. The standard InChI is InChI=1S/C11H14O2S/c1-12-10-6-3-2-5-9(10)11-13-7-4-8-14-11/h2-3,5-6,11H,4,7-8H2,1H3. The summed E-state index contributed by atoms with van der Waals surface area (Å²) in [5.41, 5.74) is 1.31. The minimum absolute atomic E-state index is 0.153. The number of para-hydroxylation sites is 1. The van der Waals surface area contributed by atoms with Crippen molar-refractivity contribution in [1.29, 1.82) is 0 Å². The van der Waals surface area contributed by atoms with Crippen LogP contribution in [0.4, 0.5) is 0 Å². The van der Waals surface area contributed by atoms with Crippen LogP contribution >= 0.6 is 11.8 Å². The minimum Gasteiger partial charge on any atom is -0.496 e. The van der Waals surface area contributed by atoms with Crippen LogP contribution in [-0.2, 0) is 4.74 Å². The fourth-order valence-electron chi connectivity index (χ4n) is 1.53. The molecule has 0 bridgehead atoms. The van der Waals surface area contributed by atoms with Gasteiger partial charge in [-0.3, -0.25) is 0 Å². The lowest BCUT2D eigenvalue weighted by Gasteiger charge is -2.23. The van der Waals surface area contributed by atoms with E-state index in [1.807, 2.05) is 30.0 Å². The summed E-state index contributed by atoms with van der Waals surface area (Å²) in [4.78, 5) is 0. The van der Waals surface area contributed by atoms with Gasteiger partial charge in [-0.15, -0.1) is 11.8 Å². The van der Waals surface area contributed by atoms with Crippen molar-refractivity contribution in [1.82, 2.24) is 0 Å². The van der Waals surface area contributed by atoms with Crippen molar-refractivity contribution in [2.24, 2.45) is 0 Å². The van der Waals surface area contributed by atoms with Gasteiger partial charge in [0.2, 0.25) is 0 Å². The molecule has 3 heteroatoms. The van der Waals surface area contributed by atoms with Gasteiger partial charge in [0.25, 0.3) is 0 Å². The predicted octanol–water partition coefficient (Wildman–Crippen LogP) is 2.85. The molecular formula is C11H14O2S. The zero-order valence-corrected chi connectivity index (χ0v) is 9.05. The Labute approximate surface area is 88.6 Å². The van der Waals surface area contributed by atoms with Crippen molar-refractivity contribution in [2.45, 2.75) is 11.9 Å². The molecule has 76 valence electrons. The van der Waals surface area contributed by atoms with E-state index in [9.17, 15) is 0 Å². The van der Waals surface area contributed by atoms with E-state index >= 15 is 0 Å². The highest BCUT2D eigenvalue weighted by molar-refractivity contribution is 7.99. The monoisotopic (exact) mass is 210 g/mol. The van der Waals surface area contributed by atoms with E-state index in [0.717, 1.165) is 24.3 Å². The summed E-state index contributed by atoms with van der Waals surface area (Å²) in [6, 6.07) is 8.06.